The van der Waals surface area contributed by atoms with E-state index in [1.165, 1.54) is 12.1 Å². The summed E-state index contributed by atoms with van der Waals surface area (Å²) in [4.78, 5) is 13.4. The standard InChI is InChI=1S/C26H33F3N2O3S/c1-24-14-12-18-16(8-11-22-25(18,2)15-13-23(32)31(22)3)17(24)9-10-21(24)30-35(33,34)20-7-5-4-6-19(20)26(27,28)29/h4-7,13,15-18,21-22,30H,8-12,14H2,1-3H3/t16-,17-,18-,21-,22+,24-,25+/m0/s1. The second kappa shape index (κ2) is 8.07. The van der Waals surface area contributed by atoms with Gasteiger partial charge in [-0.3, -0.25) is 4.79 Å². The van der Waals surface area contributed by atoms with E-state index in [9.17, 15) is 26.4 Å². The molecule has 3 fully saturated rings. The minimum Gasteiger partial charge on any atom is -0.338 e. The van der Waals surface area contributed by atoms with Crippen molar-refractivity contribution in [2.75, 3.05) is 7.05 Å². The maximum Gasteiger partial charge on any atom is 0.417 e. The minimum atomic E-state index is -4.75. The van der Waals surface area contributed by atoms with Crippen molar-refractivity contribution in [1.29, 1.82) is 0 Å². The number of alkyl halides is 3. The lowest BCUT2D eigenvalue weighted by Gasteiger charge is -2.60. The summed E-state index contributed by atoms with van der Waals surface area (Å²) >= 11 is 0. The van der Waals surface area contributed by atoms with Crippen LogP contribution >= 0.6 is 0 Å². The maximum absolute atomic E-state index is 13.5. The van der Waals surface area contributed by atoms with Gasteiger partial charge >= 0.3 is 6.18 Å². The van der Waals surface area contributed by atoms with Gasteiger partial charge in [0, 0.05) is 24.5 Å². The average molecular weight is 511 g/mol. The molecule has 0 unspecified atom stereocenters. The summed E-state index contributed by atoms with van der Waals surface area (Å²) in [6, 6.07) is 4.14. The first-order chi connectivity index (χ1) is 16.3. The Bertz CT molecular complexity index is 1170. The van der Waals surface area contributed by atoms with Crippen LogP contribution in [0.3, 0.4) is 0 Å². The molecule has 1 aromatic rings. The van der Waals surface area contributed by atoms with E-state index in [0.29, 0.717) is 24.2 Å². The van der Waals surface area contributed by atoms with Gasteiger partial charge in [-0.15, -0.1) is 0 Å². The van der Waals surface area contributed by atoms with Crippen LogP contribution in [0, 0.1) is 28.6 Å². The van der Waals surface area contributed by atoms with Crippen molar-refractivity contribution in [2.45, 2.75) is 75.5 Å². The van der Waals surface area contributed by atoms with Crippen molar-refractivity contribution in [3.63, 3.8) is 0 Å². The molecule has 1 N–H and O–H groups in total. The van der Waals surface area contributed by atoms with Crippen LogP contribution in [0.25, 0.3) is 0 Å². The lowest BCUT2D eigenvalue weighted by molar-refractivity contribution is -0.140. The highest BCUT2D eigenvalue weighted by molar-refractivity contribution is 7.89. The molecule has 0 saturated heterocycles. The zero-order chi connectivity index (χ0) is 25.4. The molecule has 0 spiro atoms. The number of nitrogens with one attached hydrogen (secondary N) is 1. The van der Waals surface area contributed by atoms with Gasteiger partial charge in [0.05, 0.1) is 10.5 Å². The lowest BCUT2D eigenvalue weighted by atomic mass is 9.48. The van der Waals surface area contributed by atoms with Crippen molar-refractivity contribution in [3.8, 4) is 0 Å². The van der Waals surface area contributed by atoms with Crippen LogP contribution in [-0.2, 0) is 21.0 Å². The normalized spacial score (nSPS) is 39.2. The van der Waals surface area contributed by atoms with Gasteiger partial charge in [-0.2, -0.15) is 13.2 Å². The Morgan fingerprint density at radius 2 is 1.74 bits per heavy atom. The zero-order valence-corrected chi connectivity index (χ0v) is 21.1. The number of nitrogens with zero attached hydrogens (tertiary/aromatic N) is 1. The second-order valence-corrected chi connectivity index (χ2v) is 13.1. The molecule has 35 heavy (non-hydrogen) atoms. The van der Waals surface area contributed by atoms with Crippen LogP contribution in [0.15, 0.2) is 41.3 Å². The first-order valence-electron chi connectivity index (χ1n) is 12.4. The number of benzene rings is 1. The van der Waals surface area contributed by atoms with Gasteiger partial charge in [0.2, 0.25) is 15.9 Å². The molecule has 1 aromatic carbocycles. The molecule has 1 heterocycles. The van der Waals surface area contributed by atoms with E-state index in [0.717, 1.165) is 44.2 Å². The summed E-state index contributed by atoms with van der Waals surface area (Å²) in [5, 5.41) is 0. The Hall–Kier alpha value is -1.87. The molecule has 4 aliphatic rings. The molecule has 0 radical (unpaired) electrons. The summed E-state index contributed by atoms with van der Waals surface area (Å²) in [6.07, 6.45) is 4.12. The van der Waals surface area contributed by atoms with E-state index in [1.54, 1.807) is 6.08 Å². The number of fused-ring (bicyclic) bond motifs is 5. The van der Waals surface area contributed by atoms with Gasteiger partial charge in [-0.1, -0.05) is 32.1 Å². The molecule has 7 atom stereocenters. The highest BCUT2D eigenvalue weighted by Gasteiger charge is 2.61. The fraction of sp³-hybridized carbons (Fsp3) is 0.654. The fourth-order valence-corrected chi connectivity index (χ4v) is 9.74. The first-order valence-corrected chi connectivity index (χ1v) is 13.9. The van der Waals surface area contributed by atoms with Crippen LogP contribution in [0.2, 0.25) is 0 Å². The van der Waals surface area contributed by atoms with Gasteiger partial charge in [-0.05, 0) is 79.9 Å². The Morgan fingerprint density at radius 3 is 2.46 bits per heavy atom. The summed E-state index contributed by atoms with van der Waals surface area (Å²) in [6.45, 7) is 4.37. The summed E-state index contributed by atoms with van der Waals surface area (Å²) in [5.74, 6) is 1.13. The number of hydrogen-bond acceptors (Lipinski definition) is 3. The van der Waals surface area contributed by atoms with Crippen molar-refractivity contribution in [1.82, 2.24) is 9.62 Å². The van der Waals surface area contributed by atoms with Crippen LogP contribution in [0.5, 0.6) is 0 Å². The lowest BCUT2D eigenvalue weighted by Crippen LogP contribution is -2.60. The molecule has 3 aliphatic carbocycles. The van der Waals surface area contributed by atoms with Gasteiger partial charge in [0.1, 0.15) is 0 Å². The number of amides is 1. The van der Waals surface area contributed by atoms with E-state index in [2.05, 4.69) is 24.6 Å². The molecular formula is C26H33F3N2O3S. The van der Waals surface area contributed by atoms with E-state index in [1.807, 2.05) is 11.9 Å². The number of carbonyl (C=O) groups is 1. The molecular weight excluding hydrogens is 477 g/mol. The topological polar surface area (TPSA) is 66.5 Å². The molecule has 1 amide bonds. The molecule has 1 aliphatic heterocycles. The van der Waals surface area contributed by atoms with E-state index in [-0.39, 0.29) is 22.8 Å². The molecule has 0 aromatic heterocycles. The predicted molar refractivity (Wildman–Crippen MR) is 126 cm³/mol. The second-order valence-electron chi connectivity index (χ2n) is 11.4. The quantitative estimate of drug-likeness (QED) is 0.623. The SMILES string of the molecule is CN1C(=O)C=C[C@]2(C)[C@H]3CC[C@]4(C)[C@@H](NS(=O)(=O)c5ccccc5C(F)(F)F)CC[C@H]4[C@@H]3CC[C@@H]12. The smallest absolute Gasteiger partial charge is 0.338 e. The molecule has 0 bridgehead atoms. The average Bonchev–Trinajstić information content (AvgIpc) is 3.12. The third-order valence-corrected chi connectivity index (χ3v) is 11.4. The summed E-state index contributed by atoms with van der Waals surface area (Å²) in [5.41, 5.74) is -1.56. The Balaban J connectivity index is 1.41. The van der Waals surface area contributed by atoms with Gasteiger partial charge in [0.15, 0.2) is 0 Å². The van der Waals surface area contributed by atoms with E-state index >= 15 is 0 Å². The first kappa shape index (κ1) is 24.8. The molecule has 9 heteroatoms. The highest BCUT2D eigenvalue weighted by atomic mass is 32.2. The van der Waals surface area contributed by atoms with Crippen molar-refractivity contribution < 1.29 is 26.4 Å². The Kier molecular flexibility index (Phi) is 5.72. The minimum absolute atomic E-state index is 0.0426. The highest BCUT2D eigenvalue weighted by Crippen LogP contribution is 2.64. The molecule has 5 nitrogen and oxygen atoms in total. The molecule has 5 rings (SSSR count). The van der Waals surface area contributed by atoms with Gasteiger partial charge in [0.25, 0.3) is 0 Å². The van der Waals surface area contributed by atoms with E-state index in [4.69, 9.17) is 0 Å². The van der Waals surface area contributed by atoms with Crippen molar-refractivity contribution in [3.05, 3.63) is 42.0 Å². The Morgan fingerprint density at radius 1 is 1.03 bits per heavy atom. The van der Waals surface area contributed by atoms with Crippen LogP contribution < -0.4 is 4.72 Å². The Labute approximate surface area is 205 Å². The zero-order valence-electron chi connectivity index (χ0n) is 20.3. The summed E-state index contributed by atoms with van der Waals surface area (Å²) in [7, 11) is -2.47. The maximum atomic E-state index is 13.5. The van der Waals surface area contributed by atoms with Gasteiger partial charge in [-0.25, -0.2) is 13.1 Å². The number of hydrogen-bond donors (Lipinski definition) is 1. The summed E-state index contributed by atoms with van der Waals surface area (Å²) < 4.78 is 69.7. The van der Waals surface area contributed by atoms with Crippen LogP contribution in [0.4, 0.5) is 13.2 Å². The number of carbonyl (C=O) groups excluding carboxylic acids is 1. The number of likely N-dealkylation sites (N-methyl/N-ethyl adjacent to an activating group) is 1. The van der Waals surface area contributed by atoms with Crippen molar-refractivity contribution >= 4 is 15.9 Å². The third kappa shape index (κ3) is 3.76. The monoisotopic (exact) mass is 510 g/mol. The fourth-order valence-electron chi connectivity index (χ4n) is 8.12. The predicted octanol–water partition coefficient (Wildman–Crippen LogP) is 4.99. The van der Waals surface area contributed by atoms with Crippen molar-refractivity contribution in [2.24, 2.45) is 28.6 Å². The number of halogens is 3. The molecule has 192 valence electrons. The molecule has 3 saturated carbocycles. The van der Waals surface area contributed by atoms with E-state index < -0.39 is 32.7 Å². The van der Waals surface area contributed by atoms with Gasteiger partial charge < -0.3 is 4.90 Å². The largest absolute Gasteiger partial charge is 0.417 e. The van der Waals surface area contributed by atoms with Crippen LogP contribution in [0.1, 0.15) is 57.9 Å². The van der Waals surface area contributed by atoms with Crippen LogP contribution in [-0.4, -0.2) is 38.4 Å². The third-order valence-electron chi connectivity index (χ3n) is 9.91. The number of sulfonamides is 1. The number of rotatable bonds is 3.